The van der Waals surface area contributed by atoms with Crippen molar-refractivity contribution in [3.8, 4) is 18.3 Å². The van der Waals surface area contributed by atoms with Crippen LogP contribution >= 0.6 is 0 Å². The van der Waals surface area contributed by atoms with Crippen molar-refractivity contribution in [2.45, 2.75) is 76.5 Å². The van der Waals surface area contributed by atoms with Crippen LogP contribution in [0.2, 0.25) is 0 Å². The number of hydrogen-bond donors (Lipinski definition) is 2. The van der Waals surface area contributed by atoms with E-state index in [1.54, 1.807) is 6.07 Å². The van der Waals surface area contributed by atoms with Gasteiger partial charge in [0.15, 0.2) is 11.6 Å². The highest BCUT2D eigenvalue weighted by Crippen LogP contribution is 2.36. The van der Waals surface area contributed by atoms with Gasteiger partial charge in [0.1, 0.15) is 11.9 Å². The van der Waals surface area contributed by atoms with Crippen molar-refractivity contribution < 1.29 is 18.6 Å². The number of para-hydroxylation sites is 1. The summed E-state index contributed by atoms with van der Waals surface area (Å²) in [6.07, 6.45) is 12.4. The first-order chi connectivity index (χ1) is 16.4. The Balaban J connectivity index is 0.00000103. The lowest BCUT2D eigenvalue weighted by molar-refractivity contribution is 0.118. The Morgan fingerprint density at radius 1 is 1.00 bits per heavy atom. The first kappa shape index (κ1) is 25.8. The second kappa shape index (κ2) is 12.6. The van der Waals surface area contributed by atoms with Gasteiger partial charge in [-0.2, -0.15) is 0 Å². The Morgan fingerprint density at radius 3 is 2.26 bits per heavy atom. The number of hydrogen-bond acceptors (Lipinski definition) is 4. The minimum atomic E-state index is -0.795. The molecule has 0 radical (unpaired) electrons. The van der Waals surface area contributed by atoms with Crippen LogP contribution in [0.1, 0.15) is 63.9 Å². The summed E-state index contributed by atoms with van der Waals surface area (Å²) in [5.41, 5.74) is 2.03. The number of aliphatic hydroxyl groups excluding tert-OH is 1. The average Bonchev–Trinajstić information content (AvgIpc) is 2.83. The molecule has 1 heterocycles. The standard InChI is InChI=1S/C26H34F2N2O.C2H2O/c1-18(2)31-26-6-4-3-5-23(26)19-13-15-30(16-14-19)22-10-7-20(8-11-22)29-21-9-12-24(27)25(28)17-21;1-2-3/h3-6,9,12,17-20,22,29H,7-8,10-11,13-16H2,1-2H3;1,3H. The number of likely N-dealkylation sites (tertiary alicyclic amines) is 1. The zero-order chi connectivity index (χ0) is 24.5. The van der Waals surface area contributed by atoms with Gasteiger partial charge in [0.2, 0.25) is 0 Å². The van der Waals surface area contributed by atoms with Gasteiger partial charge in [0.25, 0.3) is 0 Å². The molecule has 2 N–H and O–H groups in total. The summed E-state index contributed by atoms with van der Waals surface area (Å²) in [6.45, 7) is 6.42. The zero-order valence-corrected chi connectivity index (χ0v) is 20.1. The van der Waals surface area contributed by atoms with Gasteiger partial charge in [-0.05, 0) is 95.1 Å². The van der Waals surface area contributed by atoms with Crippen LogP contribution in [0.3, 0.4) is 0 Å². The number of nitrogens with zero attached hydrogens (tertiary/aromatic N) is 1. The van der Waals surface area contributed by atoms with Crippen LogP contribution in [0.5, 0.6) is 5.75 Å². The average molecular weight is 471 g/mol. The van der Waals surface area contributed by atoms with Gasteiger partial charge in [-0.1, -0.05) is 24.6 Å². The van der Waals surface area contributed by atoms with Gasteiger partial charge in [0, 0.05) is 23.8 Å². The molecular weight excluding hydrogens is 434 g/mol. The van der Waals surface area contributed by atoms with Crippen molar-refractivity contribution in [3.63, 3.8) is 0 Å². The largest absolute Gasteiger partial charge is 0.491 e. The van der Waals surface area contributed by atoms with E-state index in [2.05, 4.69) is 54.8 Å². The fraction of sp³-hybridized carbons (Fsp3) is 0.500. The summed E-state index contributed by atoms with van der Waals surface area (Å²) in [7, 11) is 0. The fourth-order valence-corrected chi connectivity index (χ4v) is 5.16. The number of nitrogens with one attached hydrogen (secondary N) is 1. The van der Waals surface area contributed by atoms with E-state index in [-0.39, 0.29) is 6.10 Å². The fourth-order valence-electron chi connectivity index (χ4n) is 5.16. The number of terminal acetylenes is 1. The van der Waals surface area contributed by atoms with Crippen molar-refractivity contribution in [1.29, 1.82) is 0 Å². The number of benzene rings is 2. The van der Waals surface area contributed by atoms with E-state index < -0.39 is 11.6 Å². The molecule has 184 valence electrons. The molecule has 0 amide bonds. The van der Waals surface area contributed by atoms with Crippen LogP contribution in [-0.4, -0.2) is 41.3 Å². The van der Waals surface area contributed by atoms with Crippen LogP contribution in [0.4, 0.5) is 14.5 Å². The zero-order valence-electron chi connectivity index (χ0n) is 20.1. The van der Waals surface area contributed by atoms with Gasteiger partial charge >= 0.3 is 0 Å². The Hall–Kier alpha value is -2.78. The molecule has 2 fully saturated rings. The molecule has 4 rings (SSSR count). The van der Waals surface area contributed by atoms with Crippen LogP contribution in [-0.2, 0) is 0 Å². The Morgan fingerprint density at radius 2 is 1.65 bits per heavy atom. The monoisotopic (exact) mass is 470 g/mol. The van der Waals surface area contributed by atoms with Crippen LogP contribution in [0.25, 0.3) is 0 Å². The van der Waals surface area contributed by atoms with Crippen molar-refractivity contribution in [3.05, 3.63) is 59.7 Å². The molecule has 2 aromatic carbocycles. The molecule has 6 heteroatoms. The van der Waals surface area contributed by atoms with E-state index in [1.807, 2.05) is 0 Å². The van der Waals surface area contributed by atoms with Crippen molar-refractivity contribution >= 4 is 5.69 Å². The maximum absolute atomic E-state index is 13.5. The van der Waals surface area contributed by atoms with E-state index in [0.29, 0.717) is 23.7 Å². The van der Waals surface area contributed by atoms with E-state index >= 15 is 0 Å². The molecule has 1 saturated carbocycles. The van der Waals surface area contributed by atoms with Crippen molar-refractivity contribution in [2.24, 2.45) is 0 Å². The van der Waals surface area contributed by atoms with Gasteiger partial charge in [0.05, 0.1) is 6.10 Å². The lowest BCUT2D eigenvalue weighted by Crippen LogP contribution is -2.44. The first-order valence-electron chi connectivity index (χ1n) is 12.2. The van der Waals surface area contributed by atoms with Crippen molar-refractivity contribution in [1.82, 2.24) is 4.90 Å². The number of anilines is 1. The number of aliphatic hydroxyl groups is 1. The van der Waals surface area contributed by atoms with E-state index in [4.69, 9.17) is 9.84 Å². The molecule has 1 saturated heterocycles. The molecule has 0 spiro atoms. The lowest BCUT2D eigenvalue weighted by atomic mass is 9.85. The normalized spacial score (nSPS) is 21.3. The molecule has 0 aromatic heterocycles. The summed E-state index contributed by atoms with van der Waals surface area (Å²) in [5.74, 6) is 0.0234. The minimum absolute atomic E-state index is 0.191. The highest BCUT2D eigenvalue weighted by Gasteiger charge is 2.30. The third-order valence-electron chi connectivity index (χ3n) is 6.75. The number of ether oxygens (including phenoxy) is 1. The lowest BCUT2D eigenvalue weighted by Gasteiger charge is -2.41. The summed E-state index contributed by atoms with van der Waals surface area (Å²) in [6, 6.07) is 13.5. The SMILES string of the molecule is C#CO.CC(C)Oc1ccccc1C1CCN(C2CCC(Nc3ccc(F)c(F)c3)CC2)CC1. The van der Waals surface area contributed by atoms with Crippen LogP contribution < -0.4 is 10.1 Å². The number of rotatable bonds is 6. The Labute approximate surface area is 202 Å². The van der Waals surface area contributed by atoms with Crippen LogP contribution in [0.15, 0.2) is 42.5 Å². The Kier molecular flexibility index (Phi) is 9.59. The molecule has 1 aliphatic carbocycles. The summed E-state index contributed by atoms with van der Waals surface area (Å²) in [4.78, 5) is 2.66. The van der Waals surface area contributed by atoms with E-state index in [0.717, 1.165) is 44.5 Å². The predicted octanol–water partition coefficient (Wildman–Crippen LogP) is 6.30. The maximum atomic E-state index is 13.5. The van der Waals surface area contributed by atoms with Gasteiger partial charge < -0.3 is 20.1 Å². The number of piperidine rings is 1. The molecule has 1 aliphatic heterocycles. The van der Waals surface area contributed by atoms with Crippen LogP contribution in [0, 0.1) is 24.2 Å². The first-order valence-corrected chi connectivity index (χ1v) is 12.2. The molecule has 0 bridgehead atoms. The van der Waals surface area contributed by atoms with E-state index in [1.165, 1.54) is 36.6 Å². The van der Waals surface area contributed by atoms with E-state index in [9.17, 15) is 8.78 Å². The summed E-state index contributed by atoms with van der Waals surface area (Å²) < 4.78 is 32.6. The van der Waals surface area contributed by atoms with Gasteiger partial charge in [-0.25, -0.2) is 8.78 Å². The highest BCUT2D eigenvalue weighted by atomic mass is 19.2. The summed E-state index contributed by atoms with van der Waals surface area (Å²) in [5, 5.41) is 10.5. The maximum Gasteiger partial charge on any atom is 0.160 e. The second-order valence-corrected chi connectivity index (χ2v) is 9.42. The predicted molar refractivity (Wildman–Crippen MR) is 133 cm³/mol. The minimum Gasteiger partial charge on any atom is -0.491 e. The second-order valence-electron chi connectivity index (χ2n) is 9.42. The number of halogens is 2. The molecular formula is C28H36F2N2O2. The molecule has 0 unspecified atom stereocenters. The van der Waals surface area contributed by atoms with Crippen molar-refractivity contribution in [2.75, 3.05) is 18.4 Å². The molecule has 2 aliphatic rings. The third-order valence-corrected chi connectivity index (χ3v) is 6.75. The molecule has 34 heavy (non-hydrogen) atoms. The molecule has 2 aromatic rings. The quantitative estimate of drug-likeness (QED) is 0.486. The third kappa shape index (κ3) is 7.11. The Bertz CT molecular complexity index is 944. The smallest absolute Gasteiger partial charge is 0.160 e. The topological polar surface area (TPSA) is 44.7 Å². The molecule has 4 nitrogen and oxygen atoms in total. The molecule has 0 atom stereocenters. The van der Waals surface area contributed by atoms with Gasteiger partial charge in [-0.15, -0.1) is 0 Å². The highest BCUT2D eigenvalue weighted by molar-refractivity contribution is 5.44. The summed E-state index contributed by atoms with van der Waals surface area (Å²) >= 11 is 0. The van der Waals surface area contributed by atoms with Gasteiger partial charge in [-0.3, -0.25) is 0 Å².